The average molecular weight is 460 g/mol. The number of carbonyl (C=O) groups excluding carboxylic acids is 3. The summed E-state index contributed by atoms with van der Waals surface area (Å²) in [7, 11) is 0. The molecule has 1 fully saturated rings. The van der Waals surface area contributed by atoms with E-state index in [0.29, 0.717) is 19.3 Å². The number of aromatic nitrogens is 2. The number of unbranched alkanes of at least 4 members (excludes halogenated alkanes) is 1. The van der Waals surface area contributed by atoms with E-state index in [4.69, 9.17) is 5.73 Å². The van der Waals surface area contributed by atoms with Crippen LogP contribution < -0.4 is 21.9 Å². The zero-order chi connectivity index (χ0) is 24.3. The van der Waals surface area contributed by atoms with Crippen LogP contribution in [0.5, 0.6) is 0 Å². The Hall–Kier alpha value is -3.17. The van der Waals surface area contributed by atoms with Crippen molar-refractivity contribution in [2.75, 3.05) is 23.7 Å². The van der Waals surface area contributed by atoms with Crippen molar-refractivity contribution in [3.8, 4) is 0 Å². The van der Waals surface area contributed by atoms with E-state index in [2.05, 4.69) is 4.98 Å². The first kappa shape index (κ1) is 24.5. The van der Waals surface area contributed by atoms with Crippen LogP contribution in [0.1, 0.15) is 52.9 Å². The molecule has 1 aromatic heterocycles. The third-order valence-electron chi connectivity index (χ3n) is 6.22. The number of allylic oxidation sites excluding steroid dienone is 2. The standard InChI is InChI=1S/C23H33N5O5/c1-4-5-11-26(18-19(24)28(13-14(2)3)23(33)25-20(18)30)17(29)10-12-27-21(31)15-8-6-7-9-16(15)22(27)32/h6-7,14-16H,4-5,8-13,24H2,1-3H3,(H,25,30,33)/t15-,16-/m1/s1. The topological polar surface area (TPSA) is 139 Å². The summed E-state index contributed by atoms with van der Waals surface area (Å²) < 4.78 is 1.26. The first-order chi connectivity index (χ1) is 15.7. The number of likely N-dealkylation sites (tertiary alicyclic amines) is 1. The Labute approximate surface area is 192 Å². The van der Waals surface area contributed by atoms with E-state index in [-0.39, 0.29) is 67.1 Å². The molecule has 2 atom stereocenters. The van der Waals surface area contributed by atoms with Crippen molar-refractivity contribution in [2.45, 2.75) is 59.4 Å². The third kappa shape index (κ3) is 4.94. The van der Waals surface area contributed by atoms with Crippen LogP contribution in [0.25, 0.3) is 0 Å². The van der Waals surface area contributed by atoms with Crippen molar-refractivity contribution < 1.29 is 14.4 Å². The monoisotopic (exact) mass is 459 g/mol. The maximum absolute atomic E-state index is 13.2. The summed E-state index contributed by atoms with van der Waals surface area (Å²) in [6.07, 6.45) is 6.15. The zero-order valence-corrected chi connectivity index (χ0v) is 19.5. The normalized spacial score (nSPS) is 19.9. The number of rotatable bonds is 9. The molecule has 0 saturated carbocycles. The second kappa shape index (κ2) is 10.2. The zero-order valence-electron chi connectivity index (χ0n) is 19.5. The number of imide groups is 1. The highest BCUT2D eigenvalue weighted by atomic mass is 16.2. The predicted molar refractivity (Wildman–Crippen MR) is 125 cm³/mol. The minimum Gasteiger partial charge on any atom is -0.383 e. The van der Waals surface area contributed by atoms with Gasteiger partial charge in [-0.15, -0.1) is 0 Å². The number of fused-ring (bicyclic) bond motifs is 1. The number of nitrogens with two attached hydrogens (primary N) is 1. The fraction of sp³-hybridized carbons (Fsp3) is 0.609. The lowest BCUT2D eigenvalue weighted by Gasteiger charge is -2.25. The van der Waals surface area contributed by atoms with Crippen molar-refractivity contribution in [1.82, 2.24) is 14.5 Å². The van der Waals surface area contributed by atoms with Gasteiger partial charge in [-0.05, 0) is 25.2 Å². The van der Waals surface area contributed by atoms with Crippen LogP contribution in [-0.2, 0) is 20.9 Å². The molecule has 2 heterocycles. The molecule has 10 nitrogen and oxygen atoms in total. The fourth-order valence-electron chi connectivity index (χ4n) is 4.49. The molecule has 3 rings (SSSR count). The average Bonchev–Trinajstić information content (AvgIpc) is 3.01. The van der Waals surface area contributed by atoms with E-state index < -0.39 is 17.2 Å². The van der Waals surface area contributed by atoms with Gasteiger partial charge in [0.15, 0.2) is 5.69 Å². The smallest absolute Gasteiger partial charge is 0.330 e. The number of hydrogen-bond donors (Lipinski definition) is 2. The summed E-state index contributed by atoms with van der Waals surface area (Å²) in [4.78, 5) is 68.3. The number of amides is 3. The predicted octanol–water partition coefficient (Wildman–Crippen LogP) is 1.25. The minimum atomic E-state index is -0.729. The first-order valence-electron chi connectivity index (χ1n) is 11.6. The molecule has 1 saturated heterocycles. The van der Waals surface area contributed by atoms with Gasteiger partial charge in [0.2, 0.25) is 17.7 Å². The second-order valence-corrected chi connectivity index (χ2v) is 9.13. The van der Waals surface area contributed by atoms with Gasteiger partial charge in [0.1, 0.15) is 5.82 Å². The molecule has 0 bridgehead atoms. The molecule has 2 aliphatic rings. The van der Waals surface area contributed by atoms with Gasteiger partial charge >= 0.3 is 5.69 Å². The Bertz CT molecular complexity index is 1040. The van der Waals surface area contributed by atoms with E-state index >= 15 is 0 Å². The number of anilines is 2. The molecule has 1 aliphatic heterocycles. The summed E-state index contributed by atoms with van der Waals surface area (Å²) in [5.41, 5.74) is 4.79. The first-order valence-corrected chi connectivity index (χ1v) is 11.6. The number of carbonyl (C=O) groups is 3. The molecule has 0 unspecified atom stereocenters. The van der Waals surface area contributed by atoms with Crippen LogP contribution in [0.4, 0.5) is 11.5 Å². The summed E-state index contributed by atoms with van der Waals surface area (Å²) in [6, 6.07) is 0. The Kier molecular flexibility index (Phi) is 7.55. The molecule has 10 heteroatoms. The highest BCUT2D eigenvalue weighted by Gasteiger charge is 2.47. The molecule has 180 valence electrons. The van der Waals surface area contributed by atoms with Gasteiger partial charge in [0, 0.05) is 26.1 Å². The maximum Gasteiger partial charge on any atom is 0.330 e. The highest BCUT2D eigenvalue weighted by Crippen LogP contribution is 2.35. The van der Waals surface area contributed by atoms with Crippen LogP contribution in [0.2, 0.25) is 0 Å². The number of nitrogen functional groups attached to an aromatic ring is 1. The molecule has 1 aromatic rings. The molecular weight excluding hydrogens is 426 g/mol. The Morgan fingerprint density at radius 1 is 1.15 bits per heavy atom. The van der Waals surface area contributed by atoms with E-state index in [1.165, 1.54) is 14.4 Å². The van der Waals surface area contributed by atoms with Crippen LogP contribution in [0.15, 0.2) is 21.7 Å². The molecule has 1 aliphatic carbocycles. The molecule has 33 heavy (non-hydrogen) atoms. The van der Waals surface area contributed by atoms with Gasteiger partial charge in [-0.25, -0.2) is 4.79 Å². The van der Waals surface area contributed by atoms with Crippen LogP contribution in [0, 0.1) is 17.8 Å². The van der Waals surface area contributed by atoms with Crippen molar-refractivity contribution in [3.63, 3.8) is 0 Å². The Morgan fingerprint density at radius 2 is 1.76 bits per heavy atom. The quantitative estimate of drug-likeness (QED) is 0.421. The highest BCUT2D eigenvalue weighted by molar-refractivity contribution is 6.06. The molecule has 0 spiro atoms. The lowest BCUT2D eigenvalue weighted by Crippen LogP contribution is -2.43. The molecule has 3 N–H and O–H groups in total. The number of H-pyrrole nitrogens is 1. The Balaban J connectivity index is 1.84. The lowest BCUT2D eigenvalue weighted by molar-refractivity contribution is -0.140. The van der Waals surface area contributed by atoms with E-state index in [1.807, 2.05) is 32.9 Å². The van der Waals surface area contributed by atoms with Crippen molar-refractivity contribution >= 4 is 29.2 Å². The van der Waals surface area contributed by atoms with Crippen LogP contribution in [-0.4, -0.2) is 45.3 Å². The minimum absolute atomic E-state index is 0.0461. The van der Waals surface area contributed by atoms with Crippen molar-refractivity contribution in [1.29, 1.82) is 0 Å². The van der Waals surface area contributed by atoms with Crippen LogP contribution >= 0.6 is 0 Å². The van der Waals surface area contributed by atoms with Gasteiger partial charge in [0.05, 0.1) is 11.8 Å². The van der Waals surface area contributed by atoms with Gasteiger partial charge < -0.3 is 10.6 Å². The molecule has 0 aromatic carbocycles. The lowest BCUT2D eigenvalue weighted by atomic mass is 9.85. The number of nitrogens with zero attached hydrogens (tertiary/aromatic N) is 3. The van der Waals surface area contributed by atoms with Crippen molar-refractivity contribution in [2.24, 2.45) is 17.8 Å². The summed E-state index contributed by atoms with van der Waals surface area (Å²) >= 11 is 0. The fourth-order valence-corrected chi connectivity index (χ4v) is 4.49. The van der Waals surface area contributed by atoms with Gasteiger partial charge in [0.25, 0.3) is 5.56 Å². The number of aromatic amines is 1. The maximum atomic E-state index is 13.2. The van der Waals surface area contributed by atoms with Crippen molar-refractivity contribution in [3.05, 3.63) is 33.0 Å². The van der Waals surface area contributed by atoms with E-state index in [0.717, 1.165) is 6.42 Å². The molecular formula is C23H33N5O5. The van der Waals surface area contributed by atoms with Crippen LogP contribution in [0.3, 0.4) is 0 Å². The van der Waals surface area contributed by atoms with Gasteiger partial charge in [-0.1, -0.05) is 39.3 Å². The summed E-state index contributed by atoms with van der Waals surface area (Å²) in [6.45, 7) is 6.25. The van der Waals surface area contributed by atoms with E-state index in [9.17, 15) is 24.0 Å². The van der Waals surface area contributed by atoms with Gasteiger partial charge in [-0.3, -0.25) is 33.6 Å². The largest absolute Gasteiger partial charge is 0.383 e. The van der Waals surface area contributed by atoms with Gasteiger partial charge in [-0.2, -0.15) is 0 Å². The third-order valence-corrected chi connectivity index (χ3v) is 6.22. The van der Waals surface area contributed by atoms with E-state index in [1.54, 1.807) is 0 Å². The Morgan fingerprint density at radius 3 is 2.30 bits per heavy atom. The second-order valence-electron chi connectivity index (χ2n) is 9.13. The summed E-state index contributed by atoms with van der Waals surface area (Å²) in [5, 5.41) is 0. The number of hydrogen-bond acceptors (Lipinski definition) is 6. The number of nitrogens with one attached hydrogen (secondary N) is 1. The summed E-state index contributed by atoms with van der Waals surface area (Å²) in [5.74, 6) is -1.60. The SMILES string of the molecule is CCCCN(C(=O)CCN1C(=O)[C@@H]2CC=CC[C@H]2C1=O)c1c(N)n(CC(C)C)c(=O)[nH]c1=O. The molecule has 3 amide bonds. The molecule has 0 radical (unpaired) electrons.